The summed E-state index contributed by atoms with van der Waals surface area (Å²) >= 11 is 0. The third-order valence-corrected chi connectivity index (χ3v) is 4.81. The number of carbonyl (C=O) groups excluding carboxylic acids is 1. The van der Waals surface area contributed by atoms with Crippen LogP contribution in [0.5, 0.6) is 0 Å². The summed E-state index contributed by atoms with van der Waals surface area (Å²) in [7, 11) is -3.17. The minimum Gasteiger partial charge on any atom is -0.399 e. The third kappa shape index (κ3) is 3.10. The monoisotopic (exact) mass is 297 g/mol. The molecule has 0 unspecified atom stereocenters. The van der Waals surface area contributed by atoms with Gasteiger partial charge in [-0.1, -0.05) is 0 Å². The lowest BCUT2D eigenvalue weighted by Crippen LogP contribution is -2.50. The summed E-state index contributed by atoms with van der Waals surface area (Å²) in [6.07, 6.45) is 1.19. The van der Waals surface area contributed by atoms with E-state index in [1.54, 1.807) is 23.1 Å². The molecule has 1 aliphatic heterocycles. The zero-order valence-electron chi connectivity index (χ0n) is 11.7. The van der Waals surface area contributed by atoms with Gasteiger partial charge < -0.3 is 10.6 Å². The number of aryl methyl sites for hydroxylation is 1. The maximum atomic E-state index is 12.3. The van der Waals surface area contributed by atoms with Crippen molar-refractivity contribution >= 4 is 21.6 Å². The highest BCUT2D eigenvalue weighted by atomic mass is 32.2. The van der Waals surface area contributed by atoms with Crippen molar-refractivity contribution in [3.8, 4) is 0 Å². The number of carbonyl (C=O) groups is 1. The van der Waals surface area contributed by atoms with Gasteiger partial charge in [-0.25, -0.2) is 8.42 Å². The standard InChI is InChI=1S/C13H19N3O3S/c1-10-9-11(3-4-12(10)14)13(17)15-5-7-16(8-6-15)20(2,18)19/h3-4,9H,5-8,14H2,1-2H3. The van der Waals surface area contributed by atoms with Gasteiger partial charge in [0.1, 0.15) is 0 Å². The molecule has 2 rings (SSSR count). The molecule has 1 amide bonds. The maximum absolute atomic E-state index is 12.3. The lowest BCUT2D eigenvalue weighted by Gasteiger charge is -2.33. The number of hydrogen-bond acceptors (Lipinski definition) is 4. The number of sulfonamides is 1. The van der Waals surface area contributed by atoms with Crippen LogP contribution in [0.1, 0.15) is 15.9 Å². The quantitative estimate of drug-likeness (QED) is 0.796. The molecule has 0 saturated carbocycles. The van der Waals surface area contributed by atoms with Gasteiger partial charge in [0.25, 0.3) is 5.91 Å². The van der Waals surface area contributed by atoms with Crippen LogP contribution in [0, 0.1) is 6.92 Å². The summed E-state index contributed by atoms with van der Waals surface area (Å²) in [5.41, 5.74) is 7.84. The first kappa shape index (κ1) is 14.8. The molecule has 0 atom stereocenters. The molecular weight excluding hydrogens is 278 g/mol. The van der Waals surface area contributed by atoms with Crippen LogP contribution < -0.4 is 5.73 Å². The summed E-state index contributed by atoms with van der Waals surface area (Å²) in [6, 6.07) is 5.18. The number of rotatable bonds is 2. The lowest BCUT2D eigenvalue weighted by molar-refractivity contribution is 0.0698. The molecule has 0 aromatic heterocycles. The first-order valence-electron chi connectivity index (χ1n) is 6.39. The second-order valence-electron chi connectivity index (χ2n) is 5.03. The van der Waals surface area contributed by atoms with Crippen LogP contribution in [0.2, 0.25) is 0 Å². The second kappa shape index (κ2) is 5.41. The molecule has 1 heterocycles. The maximum Gasteiger partial charge on any atom is 0.253 e. The molecule has 1 aliphatic rings. The van der Waals surface area contributed by atoms with Crippen LogP contribution in [0.3, 0.4) is 0 Å². The zero-order valence-corrected chi connectivity index (χ0v) is 12.5. The number of hydrogen-bond donors (Lipinski definition) is 1. The van der Waals surface area contributed by atoms with Crippen LogP contribution in [0.15, 0.2) is 18.2 Å². The Morgan fingerprint density at radius 1 is 1.20 bits per heavy atom. The van der Waals surface area contributed by atoms with Gasteiger partial charge in [0, 0.05) is 37.4 Å². The van der Waals surface area contributed by atoms with Crippen molar-refractivity contribution in [3.63, 3.8) is 0 Å². The molecule has 1 aromatic rings. The predicted octanol–water partition coefficient (Wildman–Crippen LogP) is 0.295. The van der Waals surface area contributed by atoms with Crippen LogP contribution in [-0.4, -0.2) is 56.0 Å². The molecule has 1 aromatic carbocycles. The minimum atomic E-state index is -3.17. The molecule has 6 nitrogen and oxygen atoms in total. The van der Waals surface area contributed by atoms with Gasteiger partial charge in [-0.15, -0.1) is 0 Å². The Hall–Kier alpha value is -1.60. The molecule has 7 heteroatoms. The summed E-state index contributed by atoms with van der Waals surface area (Å²) in [5, 5.41) is 0. The normalized spacial score (nSPS) is 17.2. The molecule has 0 spiro atoms. The summed E-state index contributed by atoms with van der Waals surface area (Å²) in [5.74, 6) is -0.0822. The van der Waals surface area contributed by atoms with Crippen LogP contribution >= 0.6 is 0 Å². The number of amides is 1. The van der Waals surface area contributed by atoms with E-state index < -0.39 is 10.0 Å². The molecule has 0 radical (unpaired) electrons. The van der Waals surface area contributed by atoms with Gasteiger partial charge in [-0.3, -0.25) is 4.79 Å². The van der Waals surface area contributed by atoms with E-state index in [1.165, 1.54) is 10.6 Å². The lowest BCUT2D eigenvalue weighted by atomic mass is 10.1. The topological polar surface area (TPSA) is 83.7 Å². The SMILES string of the molecule is Cc1cc(C(=O)N2CCN(S(C)(=O)=O)CC2)ccc1N. The smallest absolute Gasteiger partial charge is 0.253 e. The van der Waals surface area contributed by atoms with Crippen molar-refractivity contribution in [2.24, 2.45) is 0 Å². The Labute approximate surface area is 119 Å². The molecule has 0 aliphatic carbocycles. The Balaban J connectivity index is 2.07. The fourth-order valence-corrected chi connectivity index (χ4v) is 3.04. The van der Waals surface area contributed by atoms with Crippen molar-refractivity contribution in [1.29, 1.82) is 0 Å². The van der Waals surface area contributed by atoms with Gasteiger partial charge in [0.2, 0.25) is 10.0 Å². The number of nitrogens with zero attached hydrogens (tertiary/aromatic N) is 2. The molecular formula is C13H19N3O3S. The Morgan fingerprint density at radius 2 is 1.80 bits per heavy atom. The first-order chi connectivity index (χ1) is 9.29. The Morgan fingerprint density at radius 3 is 2.30 bits per heavy atom. The van der Waals surface area contributed by atoms with E-state index in [2.05, 4.69) is 0 Å². The molecule has 1 fully saturated rings. The number of benzene rings is 1. The number of nitrogen functional groups attached to an aromatic ring is 1. The van der Waals surface area contributed by atoms with Gasteiger partial charge >= 0.3 is 0 Å². The number of anilines is 1. The molecule has 1 saturated heterocycles. The molecule has 2 N–H and O–H groups in total. The Bertz CT molecular complexity index is 620. The Kier molecular flexibility index (Phi) is 4.01. The van der Waals surface area contributed by atoms with E-state index in [4.69, 9.17) is 5.73 Å². The third-order valence-electron chi connectivity index (χ3n) is 3.51. The van der Waals surface area contributed by atoms with Crippen LogP contribution in [0.4, 0.5) is 5.69 Å². The fraction of sp³-hybridized carbons (Fsp3) is 0.462. The van der Waals surface area contributed by atoms with Crippen molar-refractivity contribution in [3.05, 3.63) is 29.3 Å². The average molecular weight is 297 g/mol. The number of piperazine rings is 1. The summed E-state index contributed by atoms with van der Waals surface area (Å²) in [6.45, 7) is 3.37. The molecule has 110 valence electrons. The highest BCUT2D eigenvalue weighted by Gasteiger charge is 2.26. The van der Waals surface area contributed by atoms with E-state index in [9.17, 15) is 13.2 Å². The van der Waals surface area contributed by atoms with Gasteiger partial charge in [0.15, 0.2) is 0 Å². The molecule has 20 heavy (non-hydrogen) atoms. The predicted molar refractivity (Wildman–Crippen MR) is 77.9 cm³/mol. The van der Waals surface area contributed by atoms with Crippen LogP contribution in [0.25, 0.3) is 0 Å². The van der Waals surface area contributed by atoms with E-state index >= 15 is 0 Å². The minimum absolute atomic E-state index is 0.0822. The second-order valence-corrected chi connectivity index (χ2v) is 7.01. The van der Waals surface area contributed by atoms with E-state index in [0.29, 0.717) is 37.4 Å². The van der Waals surface area contributed by atoms with E-state index in [-0.39, 0.29) is 5.91 Å². The molecule has 0 bridgehead atoms. The largest absolute Gasteiger partial charge is 0.399 e. The van der Waals surface area contributed by atoms with Crippen molar-refractivity contribution in [2.75, 3.05) is 38.2 Å². The van der Waals surface area contributed by atoms with E-state index in [0.717, 1.165) is 5.56 Å². The van der Waals surface area contributed by atoms with Crippen molar-refractivity contribution < 1.29 is 13.2 Å². The highest BCUT2D eigenvalue weighted by molar-refractivity contribution is 7.88. The average Bonchev–Trinajstić information content (AvgIpc) is 2.40. The van der Waals surface area contributed by atoms with Gasteiger partial charge in [-0.05, 0) is 30.7 Å². The fourth-order valence-electron chi connectivity index (χ4n) is 2.21. The van der Waals surface area contributed by atoms with E-state index in [1.807, 2.05) is 6.92 Å². The number of nitrogens with two attached hydrogens (primary N) is 1. The van der Waals surface area contributed by atoms with Gasteiger partial charge in [-0.2, -0.15) is 4.31 Å². The van der Waals surface area contributed by atoms with Gasteiger partial charge in [0.05, 0.1) is 6.26 Å². The van der Waals surface area contributed by atoms with Crippen molar-refractivity contribution in [1.82, 2.24) is 9.21 Å². The summed E-state index contributed by atoms with van der Waals surface area (Å²) < 4.78 is 24.2. The van der Waals surface area contributed by atoms with Crippen molar-refractivity contribution in [2.45, 2.75) is 6.92 Å². The van der Waals surface area contributed by atoms with Crippen LogP contribution in [-0.2, 0) is 10.0 Å². The summed E-state index contributed by atoms with van der Waals surface area (Å²) in [4.78, 5) is 14.0. The first-order valence-corrected chi connectivity index (χ1v) is 8.24. The highest BCUT2D eigenvalue weighted by Crippen LogP contribution is 2.16. The zero-order chi connectivity index (χ0) is 14.9.